The van der Waals surface area contributed by atoms with Crippen molar-refractivity contribution in [3.8, 4) is 0 Å². The fourth-order valence-electron chi connectivity index (χ4n) is 1.81. The average molecular weight is 215 g/mol. The highest BCUT2D eigenvalue weighted by Crippen LogP contribution is 2.26. The molecule has 0 N–H and O–H groups in total. The van der Waals surface area contributed by atoms with E-state index in [0.717, 1.165) is 16.3 Å². The minimum absolute atomic E-state index is 0.518. The van der Waals surface area contributed by atoms with Crippen LogP contribution in [-0.2, 0) is 9.84 Å². The fourth-order valence-corrected chi connectivity index (χ4v) is 1.81. The Bertz CT molecular complexity index is 514. The summed E-state index contributed by atoms with van der Waals surface area (Å²) < 4.78 is 4.65. The van der Waals surface area contributed by atoms with Gasteiger partial charge in [0, 0.05) is 5.56 Å². The van der Waals surface area contributed by atoms with Gasteiger partial charge in [0.25, 0.3) is 0 Å². The molecule has 1 radical (unpaired) electrons. The minimum Gasteiger partial charge on any atom is -0.424 e. The van der Waals surface area contributed by atoms with Crippen LogP contribution in [0.5, 0.6) is 0 Å². The zero-order valence-corrected chi connectivity index (χ0v) is 8.84. The predicted molar refractivity (Wildman–Crippen MR) is 59.5 cm³/mol. The largest absolute Gasteiger partial charge is 0.550 e. The van der Waals surface area contributed by atoms with Crippen LogP contribution >= 0.6 is 0 Å². The summed E-state index contributed by atoms with van der Waals surface area (Å²) in [6, 6.07) is 13.5. The third kappa shape index (κ3) is 1.98. The molecule has 0 aliphatic heterocycles. The van der Waals surface area contributed by atoms with Crippen molar-refractivity contribution in [2.45, 2.75) is 13.0 Å². The first-order valence-electron chi connectivity index (χ1n) is 5.04. The smallest absolute Gasteiger partial charge is 0.424 e. The van der Waals surface area contributed by atoms with Crippen molar-refractivity contribution in [2.24, 2.45) is 0 Å². The number of carbonyl (C=O) groups excluding carboxylic acids is 1. The Morgan fingerprint density at radius 1 is 1.12 bits per heavy atom. The number of ether oxygens (including phenoxy) is 1. The molecular weight excluding hydrogens is 204 g/mol. The van der Waals surface area contributed by atoms with Crippen molar-refractivity contribution in [3.05, 3.63) is 48.0 Å². The molecule has 0 spiro atoms. The summed E-state index contributed by atoms with van der Waals surface area (Å²) in [4.78, 5) is 10.4. The first-order valence-corrected chi connectivity index (χ1v) is 5.04. The van der Waals surface area contributed by atoms with Crippen LogP contribution in [0.25, 0.3) is 10.8 Å². The monoisotopic (exact) mass is 215 g/mol. The molecule has 0 heterocycles. The summed E-state index contributed by atoms with van der Waals surface area (Å²) in [5, 5.41) is 12.4. The summed E-state index contributed by atoms with van der Waals surface area (Å²) >= 11 is 0. The molecule has 1 atom stereocenters. The molecule has 3 nitrogen and oxygen atoms in total. The van der Waals surface area contributed by atoms with Crippen molar-refractivity contribution in [1.82, 2.24) is 0 Å². The third-order valence-corrected chi connectivity index (χ3v) is 2.53. The van der Waals surface area contributed by atoms with Gasteiger partial charge < -0.3 is 4.74 Å². The van der Waals surface area contributed by atoms with E-state index in [-0.39, 0.29) is 0 Å². The number of hydrogen-bond donors (Lipinski definition) is 0. The topological polar surface area (TPSA) is 46.2 Å². The van der Waals surface area contributed by atoms with Gasteiger partial charge in [0.2, 0.25) is 0 Å². The highest BCUT2D eigenvalue weighted by atomic mass is 16.7. The van der Waals surface area contributed by atoms with Gasteiger partial charge in [0.15, 0.2) is 0 Å². The third-order valence-electron chi connectivity index (χ3n) is 2.53. The second-order valence-electron chi connectivity index (χ2n) is 3.58. The van der Waals surface area contributed by atoms with E-state index in [0.29, 0.717) is 0 Å². The van der Waals surface area contributed by atoms with Gasteiger partial charge in [0.1, 0.15) is 6.10 Å². The van der Waals surface area contributed by atoms with E-state index in [1.54, 1.807) is 6.92 Å². The molecule has 0 bridgehead atoms. The highest BCUT2D eigenvalue weighted by molar-refractivity contribution is 5.86. The second-order valence-corrected chi connectivity index (χ2v) is 3.58. The van der Waals surface area contributed by atoms with Crippen LogP contribution in [0.1, 0.15) is 18.6 Å². The van der Waals surface area contributed by atoms with E-state index < -0.39 is 12.3 Å². The lowest BCUT2D eigenvalue weighted by Crippen LogP contribution is -2.05. The average Bonchev–Trinajstić information content (AvgIpc) is 2.27. The highest BCUT2D eigenvalue weighted by Gasteiger charge is 2.13. The molecule has 0 amide bonds. The van der Waals surface area contributed by atoms with Crippen molar-refractivity contribution >= 4 is 16.9 Å². The Hall–Kier alpha value is -2.03. The van der Waals surface area contributed by atoms with Crippen molar-refractivity contribution in [1.29, 1.82) is 0 Å². The summed E-state index contributed by atoms with van der Waals surface area (Å²) in [5.74, 6) is 0. The Kier molecular flexibility index (Phi) is 2.77. The van der Waals surface area contributed by atoms with Gasteiger partial charge in [-0.05, 0) is 17.7 Å². The first-order chi connectivity index (χ1) is 7.68. The maximum absolute atomic E-state index is 10.4. The van der Waals surface area contributed by atoms with Crippen LogP contribution in [0.4, 0.5) is 4.79 Å². The molecule has 2 rings (SSSR count). The standard InChI is InChI=1S/C13H11O3/c1-9(16-13(14)15)11-8-4-6-10-5-2-3-7-12(10)11/h2-9H,1H3. The molecule has 1 unspecified atom stereocenters. The van der Waals surface area contributed by atoms with Gasteiger partial charge in [-0.15, -0.1) is 0 Å². The normalized spacial score (nSPS) is 12.3. The maximum Gasteiger partial charge on any atom is 0.550 e. The Morgan fingerprint density at radius 2 is 1.81 bits per heavy atom. The molecule has 16 heavy (non-hydrogen) atoms. The quantitative estimate of drug-likeness (QED) is 0.720. The molecule has 81 valence electrons. The van der Waals surface area contributed by atoms with E-state index in [4.69, 9.17) is 0 Å². The van der Waals surface area contributed by atoms with Crippen LogP contribution in [-0.4, -0.2) is 6.16 Å². The molecule has 0 saturated heterocycles. The lowest BCUT2D eigenvalue weighted by molar-refractivity contribution is 0.0385. The van der Waals surface area contributed by atoms with Gasteiger partial charge in [0.05, 0.1) is 0 Å². The predicted octanol–water partition coefficient (Wildman–Crippen LogP) is 3.47. The lowest BCUT2D eigenvalue weighted by Gasteiger charge is -2.12. The molecule has 0 aromatic heterocycles. The van der Waals surface area contributed by atoms with Crippen LogP contribution in [0.2, 0.25) is 0 Å². The summed E-state index contributed by atoms with van der Waals surface area (Å²) in [6.07, 6.45) is -2.02. The molecule has 0 aliphatic rings. The number of fused-ring (bicyclic) bond motifs is 1. The molecular formula is C13H11O3. The molecule has 0 saturated carbocycles. The number of hydrogen-bond acceptors (Lipinski definition) is 2. The second kappa shape index (κ2) is 4.23. The fraction of sp³-hybridized carbons (Fsp3) is 0.154. The van der Waals surface area contributed by atoms with Gasteiger partial charge >= 0.3 is 6.16 Å². The number of benzene rings is 2. The molecule has 0 fully saturated rings. The molecule has 2 aromatic carbocycles. The van der Waals surface area contributed by atoms with Crippen LogP contribution in [0, 0.1) is 0 Å². The Labute approximate surface area is 93.3 Å². The van der Waals surface area contributed by atoms with E-state index in [1.807, 2.05) is 42.5 Å². The molecule has 0 aliphatic carbocycles. The van der Waals surface area contributed by atoms with Crippen LogP contribution in [0.15, 0.2) is 42.5 Å². The molecule has 3 heteroatoms. The number of carbonyl (C=O) groups is 1. The minimum atomic E-state index is -1.50. The Morgan fingerprint density at radius 3 is 2.56 bits per heavy atom. The van der Waals surface area contributed by atoms with E-state index >= 15 is 0 Å². The van der Waals surface area contributed by atoms with Crippen molar-refractivity contribution < 1.29 is 14.6 Å². The summed E-state index contributed by atoms with van der Waals surface area (Å²) in [6.45, 7) is 1.69. The maximum atomic E-state index is 10.4. The SMILES string of the molecule is CC(OC([O])=O)c1cccc2ccccc12. The summed E-state index contributed by atoms with van der Waals surface area (Å²) in [5.41, 5.74) is 0.849. The zero-order valence-electron chi connectivity index (χ0n) is 8.84. The first kappa shape index (κ1) is 10.5. The number of rotatable bonds is 2. The van der Waals surface area contributed by atoms with Crippen molar-refractivity contribution in [3.63, 3.8) is 0 Å². The van der Waals surface area contributed by atoms with Crippen LogP contribution in [0.3, 0.4) is 0 Å². The Balaban J connectivity index is 2.47. The lowest BCUT2D eigenvalue weighted by atomic mass is 10.0. The van der Waals surface area contributed by atoms with E-state index in [1.165, 1.54) is 0 Å². The van der Waals surface area contributed by atoms with Crippen molar-refractivity contribution in [2.75, 3.05) is 0 Å². The zero-order chi connectivity index (χ0) is 11.5. The van der Waals surface area contributed by atoms with E-state index in [9.17, 15) is 9.90 Å². The van der Waals surface area contributed by atoms with Crippen LogP contribution < -0.4 is 0 Å². The van der Waals surface area contributed by atoms with Gasteiger partial charge in [-0.1, -0.05) is 42.5 Å². The van der Waals surface area contributed by atoms with Gasteiger partial charge in [-0.25, -0.2) is 0 Å². The molecule has 2 aromatic rings. The summed E-state index contributed by atoms with van der Waals surface area (Å²) in [7, 11) is 0. The van der Waals surface area contributed by atoms with E-state index in [2.05, 4.69) is 4.74 Å². The van der Waals surface area contributed by atoms with Gasteiger partial charge in [-0.3, -0.25) is 0 Å². The van der Waals surface area contributed by atoms with Gasteiger partial charge in [-0.2, -0.15) is 9.90 Å².